The molecule has 0 aliphatic carbocycles. The van der Waals surface area contributed by atoms with Gasteiger partial charge in [0, 0.05) is 29.8 Å². The van der Waals surface area contributed by atoms with Crippen LogP contribution in [-0.2, 0) is 19.6 Å². The van der Waals surface area contributed by atoms with E-state index < -0.39 is 34.4 Å². The summed E-state index contributed by atoms with van der Waals surface area (Å²) in [4.78, 5) is 0. The van der Waals surface area contributed by atoms with Crippen molar-refractivity contribution in [2.75, 3.05) is 23.9 Å². The molecule has 0 saturated carbocycles. The van der Waals surface area contributed by atoms with Crippen LogP contribution in [0, 0.1) is 5.92 Å². The van der Waals surface area contributed by atoms with Gasteiger partial charge in [-0.05, 0) is 12.8 Å². The Morgan fingerprint density at radius 3 is 2.64 bits per heavy atom. The number of fused-ring (bicyclic) bond motifs is 6. The van der Waals surface area contributed by atoms with Gasteiger partial charge in [-0.15, -0.1) is 0 Å². The Bertz CT molecular complexity index is 431. The minimum Gasteiger partial charge on any atom is -0.748 e. The fourth-order valence-corrected chi connectivity index (χ4v) is 4.70. The summed E-state index contributed by atoms with van der Waals surface area (Å²) in [5.41, 5.74) is 0. The molecule has 3 heterocycles. The average molecular weight is 364 g/mol. The van der Waals surface area contributed by atoms with E-state index in [1.807, 2.05) is 0 Å². The van der Waals surface area contributed by atoms with Crippen LogP contribution in [0.2, 0.25) is 0 Å². The molecule has 2 N–H and O–H groups in total. The third kappa shape index (κ3) is 6.19. The van der Waals surface area contributed by atoms with Crippen molar-refractivity contribution in [1.29, 1.82) is 0 Å². The van der Waals surface area contributed by atoms with Crippen LogP contribution >= 0.6 is 11.8 Å². The van der Waals surface area contributed by atoms with Crippen molar-refractivity contribution >= 4 is 21.9 Å². The summed E-state index contributed by atoms with van der Waals surface area (Å²) < 4.78 is 42.8. The standard InChI is InChI=1S/C12H22O7S2.Na/c13-10-8-3-1-2-4-18-12(11(10)14)19-9(8)7-20-5-6-21(15,16)17;/h8-14H,1-7H2,(H,15,16,17);/q;+1/p-1. The summed E-state index contributed by atoms with van der Waals surface area (Å²) in [7, 11) is -4.20. The molecule has 7 nitrogen and oxygen atoms in total. The Kier molecular flexibility index (Phi) is 9.18. The molecule has 124 valence electrons. The van der Waals surface area contributed by atoms with Crippen LogP contribution in [0.25, 0.3) is 0 Å². The van der Waals surface area contributed by atoms with Crippen LogP contribution in [0.5, 0.6) is 0 Å². The Hall–Kier alpha value is 1.10. The number of aliphatic hydroxyl groups is 2. The average Bonchev–Trinajstić information content (AvgIpc) is 2.54. The zero-order chi connectivity index (χ0) is 15.5. The summed E-state index contributed by atoms with van der Waals surface area (Å²) >= 11 is 1.30. The number of aliphatic hydroxyl groups excluding tert-OH is 2. The number of hydrogen-bond acceptors (Lipinski definition) is 8. The first-order valence-corrected chi connectivity index (χ1v) is 9.76. The maximum Gasteiger partial charge on any atom is 1.00 e. The van der Waals surface area contributed by atoms with Crippen LogP contribution in [0.15, 0.2) is 0 Å². The van der Waals surface area contributed by atoms with Crippen LogP contribution in [-0.4, -0.2) is 71.7 Å². The van der Waals surface area contributed by atoms with Crippen LogP contribution < -0.4 is 29.6 Å². The number of ether oxygens (including phenoxy) is 2. The first-order valence-electron chi connectivity index (χ1n) is 7.03. The van der Waals surface area contributed by atoms with E-state index >= 15 is 0 Å². The van der Waals surface area contributed by atoms with Gasteiger partial charge in [-0.3, -0.25) is 0 Å². The van der Waals surface area contributed by atoms with Crippen LogP contribution in [0.4, 0.5) is 0 Å². The molecule has 5 unspecified atom stereocenters. The predicted molar refractivity (Wildman–Crippen MR) is 75.9 cm³/mol. The normalized spacial score (nSPS) is 36.0. The molecule has 3 aliphatic rings. The first kappa shape index (κ1) is 21.1. The van der Waals surface area contributed by atoms with E-state index in [-0.39, 0.29) is 47.3 Å². The van der Waals surface area contributed by atoms with Gasteiger partial charge in [0.05, 0.1) is 22.3 Å². The summed E-state index contributed by atoms with van der Waals surface area (Å²) in [6, 6.07) is 0. The molecule has 0 spiro atoms. The Balaban J connectivity index is 0.00000242. The SMILES string of the molecule is O=S(=O)([O-])CCSCC1OC2OCCCCC1C(O)C2O.[Na+]. The molecule has 2 bridgehead atoms. The van der Waals surface area contributed by atoms with Crippen LogP contribution in [0.3, 0.4) is 0 Å². The van der Waals surface area contributed by atoms with Crippen molar-refractivity contribution < 1.29 is 62.2 Å². The molecular formula is C12H21NaO7S2. The Morgan fingerprint density at radius 2 is 1.95 bits per heavy atom. The second-order valence-corrected chi connectivity index (χ2v) is 8.06. The van der Waals surface area contributed by atoms with Gasteiger partial charge in [0.2, 0.25) is 0 Å². The molecule has 0 aromatic heterocycles. The van der Waals surface area contributed by atoms with Gasteiger partial charge in [0.1, 0.15) is 6.10 Å². The van der Waals surface area contributed by atoms with E-state index in [0.717, 1.165) is 19.3 Å². The van der Waals surface area contributed by atoms with E-state index in [0.29, 0.717) is 12.4 Å². The van der Waals surface area contributed by atoms with E-state index in [9.17, 15) is 23.2 Å². The van der Waals surface area contributed by atoms with Crippen molar-refractivity contribution in [2.24, 2.45) is 5.92 Å². The van der Waals surface area contributed by atoms with Gasteiger partial charge < -0.3 is 24.2 Å². The van der Waals surface area contributed by atoms with Gasteiger partial charge in [-0.2, -0.15) is 11.8 Å². The van der Waals surface area contributed by atoms with Crippen LogP contribution in [0.1, 0.15) is 19.3 Å². The van der Waals surface area contributed by atoms with Crippen molar-refractivity contribution in [3.05, 3.63) is 0 Å². The Labute approximate surface area is 157 Å². The largest absolute Gasteiger partial charge is 1.00 e. The van der Waals surface area contributed by atoms with E-state index in [1.54, 1.807) is 0 Å². The second-order valence-electron chi connectivity index (χ2n) is 5.39. The third-order valence-electron chi connectivity index (χ3n) is 3.83. The zero-order valence-corrected chi connectivity index (χ0v) is 16.2. The van der Waals surface area contributed by atoms with E-state index in [1.165, 1.54) is 11.8 Å². The molecule has 3 rings (SSSR count). The Morgan fingerprint density at radius 1 is 1.23 bits per heavy atom. The number of hydrogen-bond donors (Lipinski definition) is 2. The van der Waals surface area contributed by atoms with Crippen molar-refractivity contribution in [1.82, 2.24) is 0 Å². The molecule has 3 saturated heterocycles. The molecule has 22 heavy (non-hydrogen) atoms. The van der Waals surface area contributed by atoms with Crippen molar-refractivity contribution in [3.63, 3.8) is 0 Å². The molecule has 0 radical (unpaired) electrons. The summed E-state index contributed by atoms with van der Waals surface area (Å²) in [5.74, 6) is 0.0429. The minimum absolute atomic E-state index is 0. The van der Waals surface area contributed by atoms with Gasteiger partial charge in [-0.1, -0.05) is 6.42 Å². The smallest absolute Gasteiger partial charge is 0.748 e. The maximum absolute atomic E-state index is 10.6. The van der Waals surface area contributed by atoms with E-state index in [2.05, 4.69) is 0 Å². The first-order chi connectivity index (χ1) is 9.88. The zero-order valence-electron chi connectivity index (χ0n) is 12.6. The van der Waals surface area contributed by atoms with Gasteiger partial charge >= 0.3 is 29.6 Å². The summed E-state index contributed by atoms with van der Waals surface area (Å²) in [6.45, 7) is 0.482. The monoisotopic (exact) mass is 364 g/mol. The fourth-order valence-electron chi connectivity index (χ4n) is 2.69. The van der Waals surface area contributed by atoms with E-state index in [4.69, 9.17) is 9.47 Å². The molecule has 10 heteroatoms. The molecule has 3 aliphatic heterocycles. The number of thioether (sulfide) groups is 1. The molecular weight excluding hydrogens is 343 g/mol. The summed E-state index contributed by atoms with van der Waals surface area (Å²) in [6.07, 6.45) is -0.675. The topological polar surface area (TPSA) is 116 Å². The van der Waals surface area contributed by atoms with Gasteiger partial charge in [0.15, 0.2) is 6.29 Å². The fraction of sp³-hybridized carbons (Fsp3) is 1.00. The van der Waals surface area contributed by atoms with Crippen molar-refractivity contribution in [2.45, 2.75) is 43.9 Å². The van der Waals surface area contributed by atoms with Crippen molar-refractivity contribution in [3.8, 4) is 0 Å². The molecule has 3 fully saturated rings. The predicted octanol–water partition coefficient (Wildman–Crippen LogP) is -3.47. The van der Waals surface area contributed by atoms with Gasteiger partial charge in [0.25, 0.3) is 0 Å². The minimum atomic E-state index is -4.20. The third-order valence-corrected chi connectivity index (χ3v) is 5.85. The second kappa shape index (κ2) is 9.55. The molecule has 0 aromatic rings. The molecule has 5 atom stereocenters. The molecule has 0 aromatic carbocycles. The quantitative estimate of drug-likeness (QED) is 0.294. The maximum atomic E-state index is 10.6. The summed E-state index contributed by atoms with van der Waals surface area (Å²) in [5, 5.41) is 20.2. The van der Waals surface area contributed by atoms with Gasteiger partial charge in [-0.25, -0.2) is 8.42 Å². The number of rotatable bonds is 5. The molecule has 0 amide bonds.